The fourth-order valence-corrected chi connectivity index (χ4v) is 3.44. The number of hydrogen-bond donors (Lipinski definition) is 2. The van der Waals surface area contributed by atoms with E-state index in [9.17, 15) is 4.79 Å². The van der Waals surface area contributed by atoms with Gasteiger partial charge in [-0.15, -0.1) is 11.8 Å². The Morgan fingerprint density at radius 2 is 2.00 bits per heavy atom. The molecule has 0 atom stereocenters. The molecule has 0 saturated carbocycles. The van der Waals surface area contributed by atoms with E-state index in [2.05, 4.69) is 9.97 Å². The highest BCUT2D eigenvalue weighted by Crippen LogP contribution is 2.30. The third-order valence-electron chi connectivity index (χ3n) is 3.27. The number of nitrogens with zero attached hydrogens (tertiary/aromatic N) is 1. The van der Waals surface area contributed by atoms with Crippen molar-refractivity contribution in [3.8, 4) is 0 Å². The van der Waals surface area contributed by atoms with Crippen molar-refractivity contribution in [1.29, 1.82) is 5.41 Å². The van der Waals surface area contributed by atoms with Crippen molar-refractivity contribution in [3.05, 3.63) is 69.2 Å². The van der Waals surface area contributed by atoms with Gasteiger partial charge in [0.2, 0.25) is 0 Å². The first-order valence-electron chi connectivity index (χ1n) is 6.58. The summed E-state index contributed by atoms with van der Waals surface area (Å²) in [6, 6.07) is 11.3. The number of halogens is 1. The topological polar surface area (TPSA) is 69.6 Å². The Morgan fingerprint density at radius 3 is 2.77 bits per heavy atom. The Labute approximate surface area is 136 Å². The summed E-state index contributed by atoms with van der Waals surface area (Å²) in [5.41, 5.74) is 1.29. The van der Waals surface area contributed by atoms with E-state index in [1.165, 1.54) is 18.0 Å². The Kier molecular flexibility index (Phi) is 4.27. The highest BCUT2D eigenvalue weighted by Gasteiger charge is 2.10. The fraction of sp³-hybridized carbons (Fsp3) is 0.0625. The zero-order valence-corrected chi connectivity index (χ0v) is 13.0. The van der Waals surface area contributed by atoms with E-state index in [4.69, 9.17) is 17.0 Å². The van der Waals surface area contributed by atoms with Gasteiger partial charge in [-0.1, -0.05) is 41.9 Å². The number of H-pyrrole nitrogens is 1. The molecule has 0 aliphatic carbocycles. The normalized spacial score (nSPS) is 10.8. The lowest BCUT2D eigenvalue weighted by Gasteiger charge is -2.08. The molecule has 0 bridgehead atoms. The average molecular weight is 330 g/mol. The van der Waals surface area contributed by atoms with E-state index >= 15 is 0 Å². The second-order valence-electron chi connectivity index (χ2n) is 4.62. The summed E-state index contributed by atoms with van der Waals surface area (Å²) in [5.74, 6) is 0.611. The standard InChI is InChI=1S/C16H12ClN3OS/c17-14-11-5-1-2-6-12(11)16(20-15(14)21)22-9-10-4-3-7-19-13(10)8-18/h1-8,18H,9H2,(H,20,21). The van der Waals surface area contributed by atoms with E-state index in [0.29, 0.717) is 11.4 Å². The van der Waals surface area contributed by atoms with Crippen LogP contribution in [0.4, 0.5) is 0 Å². The van der Waals surface area contributed by atoms with Crippen molar-refractivity contribution in [3.63, 3.8) is 0 Å². The van der Waals surface area contributed by atoms with Gasteiger partial charge in [0.25, 0.3) is 5.56 Å². The second-order valence-corrected chi connectivity index (χ2v) is 5.99. The fourth-order valence-electron chi connectivity index (χ4n) is 2.19. The summed E-state index contributed by atoms with van der Waals surface area (Å²) in [6.45, 7) is 0. The molecular weight excluding hydrogens is 318 g/mol. The molecule has 6 heteroatoms. The molecule has 0 amide bonds. The molecule has 0 saturated heterocycles. The predicted molar refractivity (Wildman–Crippen MR) is 91.3 cm³/mol. The molecule has 0 aliphatic heterocycles. The van der Waals surface area contributed by atoms with E-state index in [1.807, 2.05) is 36.4 Å². The first-order chi connectivity index (χ1) is 10.7. The summed E-state index contributed by atoms with van der Waals surface area (Å²) in [5, 5.41) is 10.0. The molecule has 0 unspecified atom stereocenters. The summed E-state index contributed by atoms with van der Waals surface area (Å²) in [6.07, 6.45) is 2.90. The van der Waals surface area contributed by atoms with Gasteiger partial charge >= 0.3 is 0 Å². The Balaban J connectivity index is 2.00. The van der Waals surface area contributed by atoms with Gasteiger partial charge in [0.1, 0.15) is 5.02 Å². The van der Waals surface area contributed by atoms with Crippen LogP contribution in [0.25, 0.3) is 10.8 Å². The number of fused-ring (bicyclic) bond motifs is 1. The predicted octanol–water partition coefficient (Wildman–Crippen LogP) is 3.87. The Morgan fingerprint density at radius 1 is 1.23 bits per heavy atom. The van der Waals surface area contributed by atoms with Crippen LogP contribution in [-0.2, 0) is 5.75 Å². The second kappa shape index (κ2) is 6.34. The minimum Gasteiger partial charge on any atom is -0.315 e. The van der Waals surface area contributed by atoms with E-state index in [0.717, 1.165) is 21.4 Å². The third-order valence-corrected chi connectivity index (χ3v) is 4.71. The Hall–Kier alpha value is -2.11. The van der Waals surface area contributed by atoms with Crippen molar-refractivity contribution in [2.75, 3.05) is 0 Å². The minimum atomic E-state index is -0.290. The van der Waals surface area contributed by atoms with Crippen LogP contribution >= 0.6 is 23.4 Å². The van der Waals surface area contributed by atoms with Crippen molar-refractivity contribution in [1.82, 2.24) is 9.97 Å². The SMILES string of the molecule is N=Cc1ncccc1CSc1[nH]c(=O)c(Cl)c2ccccc12. The van der Waals surface area contributed by atoms with Crippen LogP contribution in [0.15, 0.2) is 52.4 Å². The van der Waals surface area contributed by atoms with E-state index < -0.39 is 0 Å². The molecule has 2 N–H and O–H groups in total. The monoisotopic (exact) mass is 329 g/mol. The lowest BCUT2D eigenvalue weighted by molar-refractivity contribution is 1.11. The first kappa shape index (κ1) is 14.8. The zero-order valence-electron chi connectivity index (χ0n) is 11.5. The van der Waals surface area contributed by atoms with Crippen molar-refractivity contribution >= 4 is 40.3 Å². The molecular formula is C16H12ClN3OS. The maximum atomic E-state index is 11.9. The smallest absolute Gasteiger partial charge is 0.268 e. The van der Waals surface area contributed by atoms with Gasteiger partial charge in [-0.3, -0.25) is 9.78 Å². The molecule has 22 heavy (non-hydrogen) atoms. The van der Waals surface area contributed by atoms with E-state index in [-0.39, 0.29) is 10.6 Å². The van der Waals surface area contributed by atoms with Crippen LogP contribution in [0, 0.1) is 5.41 Å². The molecule has 2 aromatic heterocycles. The summed E-state index contributed by atoms with van der Waals surface area (Å²) in [7, 11) is 0. The van der Waals surface area contributed by atoms with Crippen LogP contribution < -0.4 is 5.56 Å². The number of aromatic amines is 1. The number of rotatable bonds is 4. The average Bonchev–Trinajstić information content (AvgIpc) is 2.57. The highest BCUT2D eigenvalue weighted by atomic mass is 35.5. The van der Waals surface area contributed by atoms with Crippen LogP contribution in [0.1, 0.15) is 11.3 Å². The van der Waals surface area contributed by atoms with Gasteiger partial charge in [0.05, 0.1) is 10.7 Å². The molecule has 3 aromatic rings. The van der Waals surface area contributed by atoms with Crippen LogP contribution in [0.3, 0.4) is 0 Å². The Bertz CT molecular complexity index is 907. The van der Waals surface area contributed by atoms with Crippen molar-refractivity contribution < 1.29 is 0 Å². The number of pyridine rings is 2. The molecule has 0 aliphatic rings. The van der Waals surface area contributed by atoms with Crippen molar-refractivity contribution in [2.24, 2.45) is 0 Å². The molecule has 0 spiro atoms. The first-order valence-corrected chi connectivity index (χ1v) is 7.94. The third kappa shape index (κ3) is 2.77. The van der Waals surface area contributed by atoms with Gasteiger partial charge in [-0.05, 0) is 11.6 Å². The van der Waals surface area contributed by atoms with E-state index in [1.54, 1.807) is 6.20 Å². The van der Waals surface area contributed by atoms with Gasteiger partial charge < -0.3 is 10.4 Å². The largest absolute Gasteiger partial charge is 0.315 e. The van der Waals surface area contributed by atoms with Crippen LogP contribution in [-0.4, -0.2) is 16.2 Å². The minimum absolute atomic E-state index is 0.210. The molecule has 0 radical (unpaired) electrons. The number of thioether (sulfide) groups is 1. The maximum Gasteiger partial charge on any atom is 0.268 e. The molecule has 110 valence electrons. The van der Waals surface area contributed by atoms with Gasteiger partial charge in [-0.25, -0.2) is 0 Å². The summed E-state index contributed by atoms with van der Waals surface area (Å²) < 4.78 is 0. The van der Waals surface area contributed by atoms with Crippen LogP contribution in [0.5, 0.6) is 0 Å². The van der Waals surface area contributed by atoms with Gasteiger partial charge in [0.15, 0.2) is 0 Å². The zero-order chi connectivity index (χ0) is 15.5. The highest BCUT2D eigenvalue weighted by molar-refractivity contribution is 7.98. The molecule has 4 nitrogen and oxygen atoms in total. The molecule has 3 rings (SSSR count). The number of nitrogens with one attached hydrogen (secondary N) is 2. The number of hydrogen-bond acceptors (Lipinski definition) is 4. The number of aromatic nitrogens is 2. The van der Waals surface area contributed by atoms with Crippen LogP contribution in [0.2, 0.25) is 5.02 Å². The maximum absolute atomic E-state index is 11.9. The quantitative estimate of drug-likeness (QED) is 0.564. The lowest BCUT2D eigenvalue weighted by atomic mass is 10.2. The van der Waals surface area contributed by atoms with Gasteiger partial charge in [0, 0.05) is 28.9 Å². The summed E-state index contributed by atoms with van der Waals surface area (Å²) in [4.78, 5) is 18.9. The van der Waals surface area contributed by atoms with Gasteiger partial charge in [-0.2, -0.15) is 0 Å². The molecule has 1 aromatic carbocycles. The summed E-state index contributed by atoms with van der Waals surface area (Å²) >= 11 is 7.57. The van der Waals surface area contributed by atoms with Crippen molar-refractivity contribution in [2.45, 2.75) is 10.8 Å². The molecule has 0 fully saturated rings. The lowest BCUT2D eigenvalue weighted by Crippen LogP contribution is -2.08. The molecule has 2 heterocycles. The number of benzene rings is 1.